The smallest absolute Gasteiger partial charge is 0.222 e. The lowest BCUT2D eigenvalue weighted by Crippen LogP contribution is -2.52. The molecule has 348 valence electrons. The van der Waals surface area contributed by atoms with E-state index in [-0.39, 0.29) is 29.0 Å². The van der Waals surface area contributed by atoms with Crippen molar-refractivity contribution in [3.63, 3.8) is 0 Å². The molecular weight excluding hydrogens is 812 g/mol. The summed E-state index contributed by atoms with van der Waals surface area (Å²) in [6.07, 6.45) is 33.5. The molecule has 8 aliphatic carbocycles. The molecule has 0 aromatic carbocycles. The van der Waals surface area contributed by atoms with E-state index in [1.54, 1.807) is 0 Å². The third-order valence-electron chi connectivity index (χ3n) is 18.5. The topological polar surface area (TPSA) is 108 Å². The quantitative estimate of drug-likeness (QED) is 0.244. The minimum atomic E-state index is -0.248. The number of nitrogens with two attached hydrogens (primary N) is 1. The van der Waals surface area contributed by atoms with E-state index in [2.05, 4.69) is 56.2 Å². The van der Waals surface area contributed by atoms with E-state index in [1.165, 1.54) is 163 Å². The van der Waals surface area contributed by atoms with Gasteiger partial charge in [0.25, 0.3) is 0 Å². The molecule has 6 saturated carbocycles. The van der Waals surface area contributed by atoms with E-state index >= 15 is 0 Å². The largest absolute Gasteiger partial charge is 0.352 e. The average Bonchev–Trinajstić information content (AvgIpc) is 4.09. The highest BCUT2D eigenvalue weighted by Gasteiger charge is 2.60. The van der Waals surface area contributed by atoms with Gasteiger partial charge in [-0.3, -0.25) is 19.0 Å². The van der Waals surface area contributed by atoms with E-state index in [0.717, 1.165) is 43.2 Å². The van der Waals surface area contributed by atoms with Gasteiger partial charge in [-0.25, -0.2) is 0 Å². The van der Waals surface area contributed by atoms with Crippen LogP contribution < -0.4 is 11.1 Å². The van der Waals surface area contributed by atoms with Crippen molar-refractivity contribution in [3.8, 4) is 0 Å². The Kier molecular flexibility index (Phi) is 15.1. The summed E-state index contributed by atoms with van der Waals surface area (Å²) in [7, 11) is 0. The number of hydrogen-bond donors (Lipinski definition) is 2. The zero-order valence-electron chi connectivity index (χ0n) is 39.7. The number of hydrogen-bond acceptors (Lipinski definition) is 5. The Balaban J connectivity index is 0.000000155. The molecule has 2 aromatic heterocycles. The van der Waals surface area contributed by atoms with Gasteiger partial charge in [-0.15, -0.1) is 12.4 Å². The minimum Gasteiger partial charge on any atom is -0.352 e. The van der Waals surface area contributed by atoms with Crippen molar-refractivity contribution in [2.45, 2.75) is 245 Å². The summed E-state index contributed by atoms with van der Waals surface area (Å²) in [6.45, 7) is 14.2. The van der Waals surface area contributed by atoms with Crippen molar-refractivity contribution in [1.82, 2.24) is 24.9 Å². The van der Waals surface area contributed by atoms with Gasteiger partial charge >= 0.3 is 0 Å². The average molecular weight is 896 g/mol. The number of aryl methyl sites for hydroxylation is 2. The molecule has 8 aliphatic rings. The maximum atomic E-state index is 13.0. The van der Waals surface area contributed by atoms with Crippen LogP contribution in [0.1, 0.15) is 229 Å². The SMILES string of the molecule is CC12CCC(C1)C(C)(C)C2N.CC12CCC(C1)C(C)(C)C2NC(=O)CCc1nn(C2CCCCC2)c2c1CCCC2.Cl.O=C(Cl)CCc1nn(C2CCCCC2)c2c1CCCC2. The summed E-state index contributed by atoms with van der Waals surface area (Å²) in [5.74, 6) is 1.91. The first-order valence-corrected chi connectivity index (χ1v) is 25.9. The van der Waals surface area contributed by atoms with Crippen molar-refractivity contribution in [2.75, 3.05) is 0 Å². The molecule has 62 heavy (non-hydrogen) atoms. The molecule has 2 aromatic rings. The molecule has 8 nitrogen and oxygen atoms in total. The standard InChI is InChI=1S/C26H41N3O.C16H23ClN2O.C10H19N.ClH/c1-25(2)18-15-16-26(3,17-18)24(25)27-23(30)14-13-21-20-11-7-8-12-22(20)29(28-21)19-9-5-4-6-10-19;17-16(20)11-10-14-13-8-4-5-9-15(13)19(18-14)12-6-2-1-3-7-12;1-9(2)7-4-5-10(3,6-7)8(9)11;/h18-19,24H,4-17H2,1-3H3,(H,27,30);12H,1-11H2;7-8H,4-6,11H2,1-3H3;1H. The summed E-state index contributed by atoms with van der Waals surface area (Å²) < 4.78 is 4.72. The number of nitrogens with one attached hydrogen (secondary N) is 1. The van der Waals surface area contributed by atoms with Crippen molar-refractivity contribution < 1.29 is 9.59 Å². The summed E-state index contributed by atoms with van der Waals surface area (Å²) in [5.41, 5.74) is 15.9. The zero-order valence-corrected chi connectivity index (χ0v) is 41.3. The first-order valence-electron chi connectivity index (χ1n) is 25.5. The summed E-state index contributed by atoms with van der Waals surface area (Å²) in [6, 6.07) is 1.96. The van der Waals surface area contributed by atoms with Gasteiger partial charge in [0.05, 0.1) is 23.5 Å². The normalized spacial score (nSPS) is 31.8. The molecule has 4 bridgehead atoms. The molecule has 0 radical (unpaired) electrons. The zero-order chi connectivity index (χ0) is 43.2. The minimum absolute atomic E-state index is 0. The number of aromatic nitrogens is 4. The van der Waals surface area contributed by atoms with Gasteiger partial charge in [-0.2, -0.15) is 10.2 Å². The number of rotatable bonds is 9. The van der Waals surface area contributed by atoms with Crippen LogP contribution in [0, 0.1) is 33.5 Å². The molecule has 6 atom stereocenters. The van der Waals surface area contributed by atoms with E-state index in [4.69, 9.17) is 27.5 Å². The Morgan fingerprint density at radius 2 is 1.08 bits per heavy atom. The van der Waals surface area contributed by atoms with Crippen LogP contribution in [0.15, 0.2) is 0 Å². The Morgan fingerprint density at radius 3 is 1.50 bits per heavy atom. The predicted octanol–water partition coefficient (Wildman–Crippen LogP) is 12.1. The predicted molar refractivity (Wildman–Crippen MR) is 255 cm³/mol. The number of carbonyl (C=O) groups is 2. The van der Waals surface area contributed by atoms with Crippen LogP contribution in [-0.4, -0.2) is 42.8 Å². The van der Waals surface area contributed by atoms with Crippen molar-refractivity contribution in [3.05, 3.63) is 33.9 Å². The van der Waals surface area contributed by atoms with Gasteiger partial charge in [0.15, 0.2) is 0 Å². The van der Waals surface area contributed by atoms with Crippen LogP contribution in [0.5, 0.6) is 0 Å². The lowest BCUT2D eigenvalue weighted by molar-refractivity contribution is -0.123. The molecular formula is C52H84Cl2N6O2. The number of amides is 1. The van der Waals surface area contributed by atoms with Gasteiger partial charge in [0, 0.05) is 42.7 Å². The third kappa shape index (κ3) is 9.65. The van der Waals surface area contributed by atoms with Gasteiger partial charge in [-0.1, -0.05) is 80.1 Å². The molecule has 2 heterocycles. The van der Waals surface area contributed by atoms with E-state index in [0.29, 0.717) is 59.7 Å². The number of nitrogens with zero attached hydrogens (tertiary/aromatic N) is 4. The molecule has 0 spiro atoms. The lowest BCUT2D eigenvalue weighted by atomic mass is 9.68. The highest BCUT2D eigenvalue weighted by atomic mass is 35.5. The molecule has 6 unspecified atom stereocenters. The third-order valence-corrected chi connectivity index (χ3v) is 18.7. The Bertz CT molecular complexity index is 1860. The Morgan fingerprint density at radius 1 is 0.629 bits per heavy atom. The van der Waals surface area contributed by atoms with E-state index in [1.807, 2.05) is 0 Å². The highest BCUT2D eigenvalue weighted by molar-refractivity contribution is 6.63. The van der Waals surface area contributed by atoms with Gasteiger partial charge < -0.3 is 11.1 Å². The van der Waals surface area contributed by atoms with Gasteiger partial charge in [0.2, 0.25) is 11.1 Å². The fraction of sp³-hybridized carbons (Fsp3) is 0.846. The fourth-order valence-corrected chi connectivity index (χ4v) is 14.8. The first kappa shape index (κ1) is 48.0. The molecule has 10 heteroatoms. The van der Waals surface area contributed by atoms with Crippen molar-refractivity contribution in [1.29, 1.82) is 0 Å². The molecule has 10 rings (SSSR count). The maximum absolute atomic E-state index is 13.0. The van der Waals surface area contributed by atoms with Gasteiger partial charge in [0.1, 0.15) is 0 Å². The Hall–Kier alpha value is -1.90. The van der Waals surface area contributed by atoms with Crippen molar-refractivity contribution >= 4 is 35.2 Å². The van der Waals surface area contributed by atoms with Crippen LogP contribution in [0.4, 0.5) is 0 Å². The summed E-state index contributed by atoms with van der Waals surface area (Å²) in [5, 5.41) is 13.3. The molecule has 3 N–H and O–H groups in total. The maximum Gasteiger partial charge on any atom is 0.222 e. The van der Waals surface area contributed by atoms with Gasteiger partial charge in [-0.05, 0) is 178 Å². The van der Waals surface area contributed by atoms with Crippen LogP contribution in [-0.2, 0) is 48.1 Å². The molecule has 1 amide bonds. The van der Waals surface area contributed by atoms with Crippen molar-refractivity contribution in [2.24, 2.45) is 39.2 Å². The van der Waals surface area contributed by atoms with Crippen LogP contribution in [0.2, 0.25) is 0 Å². The lowest BCUT2D eigenvalue weighted by Gasteiger charge is -2.43. The molecule has 0 aliphatic heterocycles. The number of halogens is 2. The van der Waals surface area contributed by atoms with Crippen LogP contribution >= 0.6 is 24.0 Å². The monoisotopic (exact) mass is 895 g/mol. The van der Waals surface area contributed by atoms with Crippen LogP contribution in [0.3, 0.4) is 0 Å². The highest BCUT2D eigenvalue weighted by Crippen LogP contribution is 2.63. The summed E-state index contributed by atoms with van der Waals surface area (Å²) >= 11 is 5.49. The number of fused-ring (bicyclic) bond motifs is 6. The fourth-order valence-electron chi connectivity index (χ4n) is 14.7. The Labute approximate surface area is 386 Å². The van der Waals surface area contributed by atoms with Crippen LogP contribution in [0.25, 0.3) is 0 Å². The molecule has 6 fully saturated rings. The first-order chi connectivity index (χ1) is 29.1. The second kappa shape index (κ2) is 19.5. The summed E-state index contributed by atoms with van der Waals surface area (Å²) in [4.78, 5) is 24.0. The second-order valence-electron chi connectivity index (χ2n) is 23.3. The number of carbonyl (C=O) groups excluding carboxylic acids is 2. The van der Waals surface area contributed by atoms with E-state index in [9.17, 15) is 9.59 Å². The van der Waals surface area contributed by atoms with E-state index < -0.39 is 0 Å². The second-order valence-corrected chi connectivity index (χ2v) is 23.7. The molecule has 0 saturated heterocycles.